The second-order valence-electron chi connectivity index (χ2n) is 7.48. The molecule has 0 radical (unpaired) electrons. The van der Waals surface area contributed by atoms with Gasteiger partial charge < -0.3 is 19.9 Å². The minimum Gasteiger partial charge on any atom is -0.490 e. The number of rotatable bonds is 9. The summed E-state index contributed by atoms with van der Waals surface area (Å²) in [5.41, 5.74) is 3.23. The second kappa shape index (κ2) is 10.7. The molecule has 1 heterocycles. The van der Waals surface area contributed by atoms with Gasteiger partial charge in [-0.05, 0) is 50.1 Å². The van der Waals surface area contributed by atoms with Crippen molar-refractivity contribution >= 4 is 23.2 Å². The molecule has 160 valence electrons. The summed E-state index contributed by atoms with van der Waals surface area (Å²) in [6.45, 7) is 7.63. The van der Waals surface area contributed by atoms with E-state index >= 15 is 0 Å². The molecule has 0 atom stereocenters. The van der Waals surface area contributed by atoms with Crippen LogP contribution in [0, 0.1) is 6.92 Å². The Morgan fingerprint density at radius 2 is 1.97 bits per heavy atom. The number of anilines is 2. The van der Waals surface area contributed by atoms with Crippen LogP contribution in [0.1, 0.15) is 31.7 Å². The Morgan fingerprint density at radius 1 is 1.13 bits per heavy atom. The van der Waals surface area contributed by atoms with Gasteiger partial charge in [-0.2, -0.15) is 0 Å². The fourth-order valence-electron chi connectivity index (χ4n) is 3.66. The Bertz CT molecular complexity index is 868. The molecule has 2 aromatic carbocycles. The van der Waals surface area contributed by atoms with Gasteiger partial charge in [0.1, 0.15) is 12.4 Å². The normalized spacial score (nSPS) is 12.7. The van der Waals surface area contributed by atoms with Gasteiger partial charge in [-0.15, -0.1) is 0 Å². The zero-order chi connectivity index (χ0) is 21.3. The van der Waals surface area contributed by atoms with Crippen LogP contribution < -0.4 is 19.9 Å². The van der Waals surface area contributed by atoms with Crippen molar-refractivity contribution in [2.75, 3.05) is 42.6 Å². The molecule has 0 fully saturated rings. The van der Waals surface area contributed by atoms with Crippen LogP contribution in [0.3, 0.4) is 0 Å². The van der Waals surface area contributed by atoms with Gasteiger partial charge >= 0.3 is 0 Å². The topological polar surface area (TPSA) is 61.9 Å². The highest BCUT2D eigenvalue weighted by Gasteiger charge is 2.23. The maximum absolute atomic E-state index is 12.6. The summed E-state index contributed by atoms with van der Waals surface area (Å²) >= 11 is 0. The summed E-state index contributed by atoms with van der Waals surface area (Å²) in [6, 6.07) is 16.0. The fourth-order valence-corrected chi connectivity index (χ4v) is 3.66. The highest BCUT2D eigenvalue weighted by Crippen LogP contribution is 2.31. The van der Waals surface area contributed by atoms with Crippen molar-refractivity contribution in [2.24, 2.45) is 0 Å². The summed E-state index contributed by atoms with van der Waals surface area (Å²) in [5.74, 6) is 0.594. The third-order valence-corrected chi connectivity index (χ3v) is 5.27. The lowest BCUT2D eigenvalue weighted by Crippen LogP contribution is -2.38. The fraction of sp³-hybridized carbons (Fsp3) is 0.417. The Kier molecular flexibility index (Phi) is 7.71. The molecule has 1 aliphatic rings. The number of ether oxygens (including phenoxy) is 1. The number of hydrogen-bond acceptors (Lipinski definition) is 4. The number of para-hydroxylation sites is 2. The minimum absolute atomic E-state index is 0.0440. The van der Waals surface area contributed by atoms with Gasteiger partial charge in [-0.1, -0.05) is 24.3 Å². The van der Waals surface area contributed by atoms with Crippen molar-refractivity contribution in [3.63, 3.8) is 0 Å². The van der Waals surface area contributed by atoms with Crippen molar-refractivity contribution in [3.8, 4) is 5.75 Å². The number of aryl methyl sites for hydroxylation is 1. The second-order valence-corrected chi connectivity index (χ2v) is 7.48. The van der Waals surface area contributed by atoms with Crippen LogP contribution in [0.5, 0.6) is 5.75 Å². The lowest BCUT2D eigenvalue weighted by molar-refractivity contribution is -0.125. The minimum atomic E-state index is -0.0801. The predicted molar refractivity (Wildman–Crippen MR) is 120 cm³/mol. The monoisotopic (exact) mass is 409 g/mol. The van der Waals surface area contributed by atoms with Gasteiger partial charge in [-0.25, -0.2) is 0 Å². The molecule has 2 amide bonds. The number of benzene rings is 2. The van der Waals surface area contributed by atoms with Gasteiger partial charge in [0.2, 0.25) is 11.8 Å². The number of nitrogens with one attached hydrogen (secondary N) is 1. The number of carbonyl (C=O) groups excluding carboxylic acids is 2. The van der Waals surface area contributed by atoms with Gasteiger partial charge in [0, 0.05) is 38.2 Å². The SMILES string of the molecule is CCN(CCCNC(=O)CCC(=O)N1CCOc2ccccc21)c1cccc(C)c1. The summed E-state index contributed by atoms with van der Waals surface area (Å²) in [5, 5.41) is 2.94. The first-order valence-electron chi connectivity index (χ1n) is 10.7. The van der Waals surface area contributed by atoms with Crippen LogP contribution in [0.25, 0.3) is 0 Å². The average Bonchev–Trinajstić information content (AvgIpc) is 2.77. The number of carbonyl (C=O) groups is 2. The Balaban J connectivity index is 1.39. The maximum Gasteiger partial charge on any atom is 0.227 e. The highest BCUT2D eigenvalue weighted by atomic mass is 16.5. The van der Waals surface area contributed by atoms with E-state index in [1.54, 1.807) is 4.90 Å². The molecule has 0 spiro atoms. The molecule has 0 aromatic heterocycles. The average molecular weight is 410 g/mol. The number of hydrogen-bond donors (Lipinski definition) is 1. The summed E-state index contributed by atoms with van der Waals surface area (Å²) < 4.78 is 5.58. The van der Waals surface area contributed by atoms with Crippen molar-refractivity contribution in [2.45, 2.75) is 33.1 Å². The van der Waals surface area contributed by atoms with E-state index in [4.69, 9.17) is 4.74 Å². The van der Waals surface area contributed by atoms with Crippen LogP contribution >= 0.6 is 0 Å². The number of amides is 2. The molecule has 0 aliphatic carbocycles. The summed E-state index contributed by atoms with van der Waals surface area (Å²) in [7, 11) is 0. The first-order chi connectivity index (χ1) is 14.6. The van der Waals surface area contributed by atoms with Crippen LogP contribution in [0.15, 0.2) is 48.5 Å². The summed E-state index contributed by atoms with van der Waals surface area (Å²) in [6.07, 6.45) is 1.26. The molecule has 0 bridgehead atoms. The maximum atomic E-state index is 12.6. The van der Waals surface area contributed by atoms with E-state index in [9.17, 15) is 9.59 Å². The largest absolute Gasteiger partial charge is 0.490 e. The molecular weight excluding hydrogens is 378 g/mol. The third kappa shape index (κ3) is 5.75. The Labute approximate surface area is 178 Å². The van der Waals surface area contributed by atoms with Gasteiger partial charge in [0.05, 0.1) is 12.2 Å². The zero-order valence-electron chi connectivity index (χ0n) is 17.9. The molecule has 6 nitrogen and oxygen atoms in total. The highest BCUT2D eigenvalue weighted by molar-refractivity contribution is 5.97. The van der Waals surface area contributed by atoms with E-state index in [1.807, 2.05) is 24.3 Å². The number of fused-ring (bicyclic) bond motifs is 1. The molecule has 0 saturated carbocycles. The lowest BCUT2D eigenvalue weighted by atomic mass is 10.2. The van der Waals surface area contributed by atoms with Crippen molar-refractivity contribution in [1.82, 2.24) is 5.32 Å². The number of nitrogens with zero attached hydrogens (tertiary/aromatic N) is 2. The van der Waals surface area contributed by atoms with Crippen LogP contribution in [0.2, 0.25) is 0 Å². The molecule has 3 rings (SSSR count). The predicted octanol–water partition coefficient (Wildman–Crippen LogP) is 3.53. The third-order valence-electron chi connectivity index (χ3n) is 5.27. The Hall–Kier alpha value is -3.02. The Morgan fingerprint density at radius 3 is 2.77 bits per heavy atom. The van der Waals surface area contributed by atoms with E-state index in [0.29, 0.717) is 19.7 Å². The van der Waals surface area contributed by atoms with E-state index < -0.39 is 0 Å². The molecule has 1 N–H and O–H groups in total. The lowest BCUT2D eigenvalue weighted by Gasteiger charge is -2.29. The standard InChI is InChI=1S/C24H31N3O3/c1-3-26(20-9-6-8-19(2)18-20)15-7-14-25-23(28)12-13-24(29)27-16-17-30-22-11-5-4-10-21(22)27/h4-6,8-11,18H,3,7,12-17H2,1-2H3,(H,25,28). The quantitative estimate of drug-likeness (QED) is 0.644. The molecule has 1 aliphatic heterocycles. The van der Waals surface area contributed by atoms with Crippen LogP contribution in [-0.4, -0.2) is 44.6 Å². The van der Waals surface area contributed by atoms with E-state index in [0.717, 1.165) is 30.9 Å². The first-order valence-corrected chi connectivity index (χ1v) is 10.7. The molecule has 30 heavy (non-hydrogen) atoms. The van der Waals surface area contributed by atoms with Crippen molar-refractivity contribution < 1.29 is 14.3 Å². The molecule has 0 unspecified atom stereocenters. The van der Waals surface area contributed by atoms with Crippen molar-refractivity contribution in [3.05, 3.63) is 54.1 Å². The van der Waals surface area contributed by atoms with E-state index in [-0.39, 0.29) is 24.7 Å². The van der Waals surface area contributed by atoms with Crippen LogP contribution in [0.4, 0.5) is 11.4 Å². The smallest absolute Gasteiger partial charge is 0.227 e. The van der Waals surface area contributed by atoms with E-state index in [1.165, 1.54) is 11.3 Å². The van der Waals surface area contributed by atoms with Gasteiger partial charge in [0.15, 0.2) is 0 Å². The van der Waals surface area contributed by atoms with Gasteiger partial charge in [-0.3, -0.25) is 9.59 Å². The molecular formula is C24H31N3O3. The molecule has 2 aromatic rings. The van der Waals surface area contributed by atoms with E-state index in [2.05, 4.69) is 48.3 Å². The molecule has 0 saturated heterocycles. The zero-order valence-corrected chi connectivity index (χ0v) is 17.9. The van der Waals surface area contributed by atoms with Gasteiger partial charge in [0.25, 0.3) is 0 Å². The summed E-state index contributed by atoms with van der Waals surface area (Å²) in [4.78, 5) is 28.8. The van der Waals surface area contributed by atoms with Crippen molar-refractivity contribution in [1.29, 1.82) is 0 Å². The van der Waals surface area contributed by atoms with Crippen LogP contribution in [-0.2, 0) is 9.59 Å². The first kappa shape index (κ1) is 21.7. The molecule has 6 heteroatoms.